The number of aryl methyl sites for hydroxylation is 1. The van der Waals surface area contributed by atoms with Crippen LogP contribution >= 0.6 is 0 Å². The molecule has 0 heterocycles. The Hall–Kier alpha value is -2.61. The molecule has 0 aromatic heterocycles. The fourth-order valence-electron chi connectivity index (χ4n) is 3.00. The van der Waals surface area contributed by atoms with Gasteiger partial charge in [-0.2, -0.15) is 0 Å². The molecule has 3 rings (SSSR count). The van der Waals surface area contributed by atoms with E-state index in [-0.39, 0.29) is 16.7 Å². The van der Waals surface area contributed by atoms with Crippen molar-refractivity contribution >= 4 is 21.4 Å². The number of ether oxygens (including phenoxy) is 1. The Bertz CT molecular complexity index is 921. The first-order valence-electron chi connectivity index (χ1n) is 8.40. The number of nitro groups is 1. The molecule has 0 amide bonds. The van der Waals surface area contributed by atoms with Crippen LogP contribution in [0.3, 0.4) is 0 Å². The lowest BCUT2D eigenvalue weighted by atomic mass is 10.2. The minimum absolute atomic E-state index is 0.156. The molecule has 0 unspecified atom stereocenters. The molecular weight excluding hydrogens is 356 g/mol. The summed E-state index contributed by atoms with van der Waals surface area (Å²) in [4.78, 5) is 10.3. The van der Waals surface area contributed by atoms with Crippen LogP contribution in [0.4, 0.5) is 11.4 Å². The topological polar surface area (TPSA) is 98.5 Å². The Kier molecular flexibility index (Phi) is 5.13. The van der Waals surface area contributed by atoms with Crippen molar-refractivity contribution in [3.63, 3.8) is 0 Å². The summed E-state index contributed by atoms with van der Waals surface area (Å²) in [5, 5.41) is 11.0. The van der Waals surface area contributed by atoms with Crippen LogP contribution in [0.25, 0.3) is 0 Å². The molecule has 1 aliphatic carbocycles. The standard InChI is InChI=1S/C18H20N2O5S/c1-13-9-10-17(12-18(13)20(21)22)26(23,24)19-14-5-4-8-16(11-14)25-15-6-2-3-7-15/h4-5,8-12,15,19H,2-3,6-7H2,1H3. The number of hydrogen-bond donors (Lipinski definition) is 1. The second kappa shape index (κ2) is 7.33. The van der Waals surface area contributed by atoms with Gasteiger partial charge in [-0.1, -0.05) is 12.1 Å². The molecule has 0 spiro atoms. The number of nitrogens with zero attached hydrogens (tertiary/aromatic N) is 1. The van der Waals surface area contributed by atoms with Crippen LogP contribution in [0.2, 0.25) is 0 Å². The first-order valence-corrected chi connectivity index (χ1v) is 9.88. The van der Waals surface area contributed by atoms with Crippen molar-refractivity contribution in [3.8, 4) is 5.75 Å². The van der Waals surface area contributed by atoms with E-state index in [1.807, 2.05) is 0 Å². The Morgan fingerprint density at radius 3 is 2.58 bits per heavy atom. The second-order valence-corrected chi connectivity index (χ2v) is 8.05. The normalized spacial score (nSPS) is 15.0. The van der Waals surface area contributed by atoms with Gasteiger partial charge < -0.3 is 4.74 Å². The van der Waals surface area contributed by atoms with Gasteiger partial charge in [-0.05, 0) is 50.8 Å². The van der Waals surface area contributed by atoms with E-state index in [9.17, 15) is 18.5 Å². The van der Waals surface area contributed by atoms with Crippen molar-refractivity contribution in [1.29, 1.82) is 0 Å². The van der Waals surface area contributed by atoms with E-state index in [2.05, 4.69) is 4.72 Å². The average Bonchev–Trinajstić information content (AvgIpc) is 3.07. The Balaban J connectivity index is 1.81. The quantitative estimate of drug-likeness (QED) is 0.606. The van der Waals surface area contributed by atoms with Crippen molar-refractivity contribution in [3.05, 3.63) is 58.1 Å². The van der Waals surface area contributed by atoms with Crippen LogP contribution in [0.15, 0.2) is 47.4 Å². The van der Waals surface area contributed by atoms with Crippen LogP contribution < -0.4 is 9.46 Å². The summed E-state index contributed by atoms with van der Waals surface area (Å²) in [6, 6.07) is 10.6. The van der Waals surface area contributed by atoms with Crippen LogP contribution in [-0.2, 0) is 10.0 Å². The predicted molar refractivity (Wildman–Crippen MR) is 98.0 cm³/mol. The predicted octanol–water partition coefficient (Wildman–Crippen LogP) is 4.03. The van der Waals surface area contributed by atoms with E-state index >= 15 is 0 Å². The first kappa shape index (κ1) is 18.2. The first-order chi connectivity index (χ1) is 12.3. The molecule has 0 bridgehead atoms. The van der Waals surface area contributed by atoms with E-state index < -0.39 is 14.9 Å². The molecular formula is C18H20N2O5S. The highest BCUT2D eigenvalue weighted by molar-refractivity contribution is 7.92. The number of benzene rings is 2. The molecule has 2 aromatic rings. The maximum atomic E-state index is 12.6. The van der Waals surface area contributed by atoms with Gasteiger partial charge in [0.1, 0.15) is 5.75 Å². The zero-order chi connectivity index (χ0) is 18.7. The minimum atomic E-state index is -3.94. The number of rotatable bonds is 6. The fourth-order valence-corrected chi connectivity index (χ4v) is 4.07. The van der Waals surface area contributed by atoms with Gasteiger partial charge in [0.15, 0.2) is 0 Å². The van der Waals surface area contributed by atoms with E-state index in [0.29, 0.717) is 17.0 Å². The molecule has 8 heteroatoms. The van der Waals surface area contributed by atoms with Gasteiger partial charge in [-0.25, -0.2) is 8.42 Å². The molecule has 1 aliphatic rings. The highest BCUT2D eigenvalue weighted by Gasteiger charge is 2.21. The average molecular weight is 376 g/mol. The third kappa shape index (κ3) is 4.13. The van der Waals surface area contributed by atoms with Gasteiger partial charge in [-0.3, -0.25) is 14.8 Å². The highest BCUT2D eigenvalue weighted by Crippen LogP contribution is 2.28. The Morgan fingerprint density at radius 2 is 1.88 bits per heavy atom. The minimum Gasteiger partial charge on any atom is -0.490 e. The van der Waals surface area contributed by atoms with Crippen molar-refractivity contribution in [2.75, 3.05) is 4.72 Å². The van der Waals surface area contributed by atoms with Crippen molar-refractivity contribution < 1.29 is 18.1 Å². The summed E-state index contributed by atoms with van der Waals surface area (Å²) in [5.41, 5.74) is 0.524. The van der Waals surface area contributed by atoms with Crippen LogP contribution in [-0.4, -0.2) is 19.4 Å². The number of sulfonamides is 1. The lowest BCUT2D eigenvalue weighted by molar-refractivity contribution is -0.385. The Labute approximate surface area is 152 Å². The van der Waals surface area contributed by atoms with Gasteiger partial charge in [0.2, 0.25) is 0 Å². The molecule has 2 aromatic carbocycles. The van der Waals surface area contributed by atoms with E-state index in [1.54, 1.807) is 31.2 Å². The zero-order valence-electron chi connectivity index (χ0n) is 14.3. The Morgan fingerprint density at radius 1 is 1.15 bits per heavy atom. The van der Waals surface area contributed by atoms with Gasteiger partial charge in [-0.15, -0.1) is 0 Å². The SMILES string of the molecule is Cc1ccc(S(=O)(=O)Nc2cccc(OC3CCCC3)c2)cc1[N+](=O)[O-]. The third-order valence-electron chi connectivity index (χ3n) is 4.38. The summed E-state index contributed by atoms with van der Waals surface area (Å²) in [6.45, 7) is 1.56. The second-order valence-electron chi connectivity index (χ2n) is 6.36. The molecule has 7 nitrogen and oxygen atoms in total. The van der Waals surface area contributed by atoms with Crippen LogP contribution in [0.1, 0.15) is 31.2 Å². The van der Waals surface area contributed by atoms with Gasteiger partial charge >= 0.3 is 0 Å². The molecule has 0 atom stereocenters. The highest BCUT2D eigenvalue weighted by atomic mass is 32.2. The number of anilines is 1. The maximum absolute atomic E-state index is 12.6. The van der Waals surface area contributed by atoms with Gasteiger partial charge in [0.05, 0.1) is 21.6 Å². The smallest absolute Gasteiger partial charge is 0.273 e. The van der Waals surface area contributed by atoms with Gasteiger partial charge in [0, 0.05) is 17.7 Å². The number of nitrogens with one attached hydrogen (secondary N) is 1. The zero-order valence-corrected chi connectivity index (χ0v) is 15.2. The summed E-state index contributed by atoms with van der Waals surface area (Å²) in [5.74, 6) is 0.604. The lowest BCUT2D eigenvalue weighted by Crippen LogP contribution is -2.14. The lowest BCUT2D eigenvalue weighted by Gasteiger charge is -2.14. The summed E-state index contributed by atoms with van der Waals surface area (Å²) >= 11 is 0. The number of hydrogen-bond acceptors (Lipinski definition) is 5. The van der Waals surface area contributed by atoms with Crippen molar-refractivity contribution in [2.24, 2.45) is 0 Å². The molecule has 0 saturated heterocycles. The largest absolute Gasteiger partial charge is 0.490 e. The molecule has 26 heavy (non-hydrogen) atoms. The van der Waals surface area contributed by atoms with Crippen LogP contribution in [0.5, 0.6) is 5.75 Å². The van der Waals surface area contributed by atoms with Crippen molar-refractivity contribution in [2.45, 2.75) is 43.6 Å². The van der Waals surface area contributed by atoms with Gasteiger partial charge in [0.25, 0.3) is 15.7 Å². The summed E-state index contributed by atoms with van der Waals surface area (Å²) in [7, 11) is -3.94. The molecule has 138 valence electrons. The molecule has 1 fully saturated rings. The maximum Gasteiger partial charge on any atom is 0.273 e. The summed E-state index contributed by atoms with van der Waals surface area (Å²) in [6.07, 6.45) is 4.46. The number of nitro benzene ring substituents is 1. The fraction of sp³-hybridized carbons (Fsp3) is 0.333. The monoisotopic (exact) mass is 376 g/mol. The molecule has 1 N–H and O–H groups in total. The van der Waals surface area contributed by atoms with E-state index in [4.69, 9.17) is 4.74 Å². The summed E-state index contributed by atoms with van der Waals surface area (Å²) < 4.78 is 33.5. The molecule has 0 aliphatic heterocycles. The van der Waals surface area contributed by atoms with E-state index in [1.165, 1.54) is 12.1 Å². The van der Waals surface area contributed by atoms with Crippen LogP contribution in [0, 0.1) is 17.0 Å². The molecule has 0 radical (unpaired) electrons. The van der Waals surface area contributed by atoms with E-state index in [0.717, 1.165) is 31.7 Å². The van der Waals surface area contributed by atoms with Crippen molar-refractivity contribution in [1.82, 2.24) is 0 Å². The molecule has 1 saturated carbocycles. The third-order valence-corrected chi connectivity index (χ3v) is 5.76.